The van der Waals surface area contributed by atoms with Gasteiger partial charge in [0.2, 0.25) is 5.91 Å². The number of carbonyl (C=O) groups excluding carboxylic acids is 2. The van der Waals surface area contributed by atoms with Crippen LogP contribution in [0, 0.1) is 13.8 Å². The number of hydrogen-bond donors (Lipinski definition) is 1. The molecule has 1 atom stereocenters. The van der Waals surface area contributed by atoms with Gasteiger partial charge in [0.25, 0.3) is 5.91 Å². The van der Waals surface area contributed by atoms with Crippen LogP contribution in [0.5, 0.6) is 0 Å². The molecule has 1 unspecified atom stereocenters. The SMILES string of the molecule is Cc1ccc2c(c1C)C(=O)N(Cc1ccccc1)C2C(=O)NCc1ccccc1. The Morgan fingerprint density at radius 3 is 2.17 bits per heavy atom. The lowest BCUT2D eigenvalue weighted by Gasteiger charge is -2.25. The third-order valence-corrected chi connectivity index (χ3v) is 5.60. The molecule has 1 aliphatic rings. The van der Waals surface area contributed by atoms with Crippen LogP contribution in [0.15, 0.2) is 72.8 Å². The van der Waals surface area contributed by atoms with E-state index >= 15 is 0 Å². The molecular formula is C25H24N2O2. The van der Waals surface area contributed by atoms with Gasteiger partial charge >= 0.3 is 0 Å². The van der Waals surface area contributed by atoms with E-state index < -0.39 is 6.04 Å². The fraction of sp³-hybridized carbons (Fsp3) is 0.200. The summed E-state index contributed by atoms with van der Waals surface area (Å²) < 4.78 is 0. The van der Waals surface area contributed by atoms with E-state index in [0.717, 1.165) is 27.8 Å². The van der Waals surface area contributed by atoms with Crippen LogP contribution < -0.4 is 5.32 Å². The zero-order valence-corrected chi connectivity index (χ0v) is 16.7. The largest absolute Gasteiger partial charge is 0.350 e. The van der Waals surface area contributed by atoms with Gasteiger partial charge in [-0.1, -0.05) is 72.8 Å². The molecule has 0 aliphatic carbocycles. The van der Waals surface area contributed by atoms with E-state index in [1.807, 2.05) is 86.6 Å². The molecule has 0 bridgehead atoms. The molecule has 3 aromatic rings. The zero-order chi connectivity index (χ0) is 20.4. The standard InChI is InChI=1S/C25H24N2O2/c1-17-13-14-21-22(18(17)2)25(29)27(16-20-11-7-4-8-12-20)23(21)24(28)26-15-19-9-5-3-6-10-19/h3-14,23H,15-16H2,1-2H3,(H,26,28). The summed E-state index contributed by atoms with van der Waals surface area (Å²) >= 11 is 0. The Morgan fingerprint density at radius 2 is 1.52 bits per heavy atom. The summed E-state index contributed by atoms with van der Waals surface area (Å²) in [4.78, 5) is 28.2. The van der Waals surface area contributed by atoms with Gasteiger partial charge in [-0.2, -0.15) is 0 Å². The maximum atomic E-state index is 13.3. The Bertz CT molecular complexity index is 1050. The molecule has 0 fully saturated rings. The smallest absolute Gasteiger partial charge is 0.255 e. The third kappa shape index (κ3) is 3.66. The first-order valence-electron chi connectivity index (χ1n) is 9.83. The average Bonchev–Trinajstić information content (AvgIpc) is 3.02. The molecule has 29 heavy (non-hydrogen) atoms. The first-order valence-corrected chi connectivity index (χ1v) is 9.83. The third-order valence-electron chi connectivity index (χ3n) is 5.60. The number of carbonyl (C=O) groups is 2. The van der Waals surface area contributed by atoms with Crippen molar-refractivity contribution < 1.29 is 9.59 Å². The van der Waals surface area contributed by atoms with Gasteiger partial charge in [-0.25, -0.2) is 0 Å². The number of fused-ring (bicyclic) bond motifs is 1. The number of nitrogens with one attached hydrogen (secondary N) is 1. The minimum Gasteiger partial charge on any atom is -0.350 e. The number of benzene rings is 3. The van der Waals surface area contributed by atoms with Crippen molar-refractivity contribution in [1.29, 1.82) is 0 Å². The molecule has 0 saturated heterocycles. The van der Waals surface area contributed by atoms with Crippen molar-refractivity contribution in [3.63, 3.8) is 0 Å². The molecule has 1 N–H and O–H groups in total. The van der Waals surface area contributed by atoms with Gasteiger partial charge in [-0.15, -0.1) is 0 Å². The van der Waals surface area contributed by atoms with Crippen LogP contribution in [-0.4, -0.2) is 16.7 Å². The number of nitrogens with zero attached hydrogens (tertiary/aromatic N) is 1. The molecule has 3 aromatic carbocycles. The van der Waals surface area contributed by atoms with Crippen LogP contribution in [0.1, 0.15) is 44.2 Å². The number of rotatable bonds is 5. The van der Waals surface area contributed by atoms with Crippen LogP contribution in [0.3, 0.4) is 0 Å². The maximum Gasteiger partial charge on any atom is 0.255 e. The van der Waals surface area contributed by atoms with Gasteiger partial charge in [0.1, 0.15) is 6.04 Å². The van der Waals surface area contributed by atoms with Crippen molar-refractivity contribution >= 4 is 11.8 Å². The molecule has 146 valence electrons. The Morgan fingerprint density at radius 1 is 0.897 bits per heavy atom. The second-order valence-electron chi connectivity index (χ2n) is 7.50. The van der Waals surface area contributed by atoms with Crippen molar-refractivity contribution in [3.8, 4) is 0 Å². The lowest BCUT2D eigenvalue weighted by Crippen LogP contribution is -2.38. The molecular weight excluding hydrogens is 360 g/mol. The van der Waals surface area contributed by atoms with Gasteiger partial charge in [-0.05, 0) is 41.7 Å². The van der Waals surface area contributed by atoms with Gasteiger partial charge in [-0.3, -0.25) is 9.59 Å². The first-order chi connectivity index (χ1) is 14.1. The number of hydrogen-bond acceptors (Lipinski definition) is 2. The minimum atomic E-state index is -0.624. The van der Waals surface area contributed by atoms with Crippen molar-refractivity contribution in [2.75, 3.05) is 0 Å². The van der Waals surface area contributed by atoms with Crippen LogP contribution >= 0.6 is 0 Å². The van der Waals surface area contributed by atoms with E-state index in [1.165, 1.54) is 0 Å². The van der Waals surface area contributed by atoms with Crippen molar-refractivity contribution in [2.45, 2.75) is 33.0 Å². The molecule has 0 spiro atoms. The molecule has 4 nitrogen and oxygen atoms in total. The molecule has 4 rings (SSSR count). The summed E-state index contributed by atoms with van der Waals surface area (Å²) in [6.45, 7) is 4.78. The van der Waals surface area contributed by atoms with E-state index in [9.17, 15) is 9.59 Å². The fourth-order valence-electron chi connectivity index (χ4n) is 3.88. The van der Waals surface area contributed by atoms with E-state index in [4.69, 9.17) is 0 Å². The minimum absolute atomic E-state index is 0.0788. The predicted molar refractivity (Wildman–Crippen MR) is 113 cm³/mol. The van der Waals surface area contributed by atoms with Gasteiger partial charge in [0.15, 0.2) is 0 Å². The van der Waals surface area contributed by atoms with Crippen molar-refractivity contribution in [1.82, 2.24) is 10.2 Å². The van der Waals surface area contributed by atoms with Crippen molar-refractivity contribution in [2.24, 2.45) is 0 Å². The summed E-state index contributed by atoms with van der Waals surface area (Å²) in [5.74, 6) is -0.231. The molecule has 0 aromatic heterocycles. The monoisotopic (exact) mass is 384 g/mol. The first kappa shape index (κ1) is 18.9. The predicted octanol–water partition coefficient (Wildman–Crippen LogP) is 4.32. The molecule has 1 aliphatic heterocycles. The van der Waals surface area contributed by atoms with E-state index in [2.05, 4.69) is 5.32 Å². The van der Waals surface area contributed by atoms with Gasteiger partial charge in [0, 0.05) is 18.7 Å². The van der Waals surface area contributed by atoms with Crippen LogP contribution in [0.25, 0.3) is 0 Å². The molecule has 0 radical (unpaired) electrons. The average molecular weight is 384 g/mol. The second kappa shape index (κ2) is 7.92. The highest BCUT2D eigenvalue weighted by molar-refractivity contribution is 6.05. The highest BCUT2D eigenvalue weighted by atomic mass is 16.2. The molecule has 0 saturated carbocycles. The zero-order valence-electron chi connectivity index (χ0n) is 16.7. The summed E-state index contributed by atoms with van der Waals surface area (Å²) in [6.07, 6.45) is 0. The Hall–Kier alpha value is -3.40. The quantitative estimate of drug-likeness (QED) is 0.712. The maximum absolute atomic E-state index is 13.3. The van der Waals surface area contributed by atoms with E-state index in [0.29, 0.717) is 18.7 Å². The second-order valence-corrected chi connectivity index (χ2v) is 7.50. The summed E-state index contributed by atoms with van der Waals surface area (Å²) in [7, 11) is 0. The van der Waals surface area contributed by atoms with Crippen LogP contribution in [0.4, 0.5) is 0 Å². The normalized spacial score (nSPS) is 15.3. The topological polar surface area (TPSA) is 49.4 Å². The molecule has 1 heterocycles. The number of amides is 2. The summed E-state index contributed by atoms with van der Waals surface area (Å²) in [6, 6.07) is 22.9. The van der Waals surface area contributed by atoms with Gasteiger partial charge < -0.3 is 10.2 Å². The summed E-state index contributed by atoms with van der Waals surface area (Å²) in [5.41, 5.74) is 5.50. The fourth-order valence-corrected chi connectivity index (χ4v) is 3.88. The van der Waals surface area contributed by atoms with Crippen molar-refractivity contribution in [3.05, 3.63) is 106 Å². The Labute approximate surface area is 171 Å². The molecule has 2 amide bonds. The van der Waals surface area contributed by atoms with E-state index in [1.54, 1.807) is 4.90 Å². The highest BCUT2D eigenvalue weighted by Crippen LogP contribution is 2.37. The van der Waals surface area contributed by atoms with Gasteiger partial charge in [0.05, 0.1) is 0 Å². The van der Waals surface area contributed by atoms with Crippen LogP contribution in [0.2, 0.25) is 0 Å². The Balaban J connectivity index is 1.66. The van der Waals surface area contributed by atoms with Crippen LogP contribution in [-0.2, 0) is 17.9 Å². The Kier molecular flexibility index (Phi) is 5.17. The highest BCUT2D eigenvalue weighted by Gasteiger charge is 2.42. The summed E-state index contributed by atoms with van der Waals surface area (Å²) in [5, 5.41) is 3.02. The lowest BCUT2D eigenvalue weighted by molar-refractivity contribution is -0.125. The number of aryl methyl sites for hydroxylation is 1. The van der Waals surface area contributed by atoms with E-state index in [-0.39, 0.29) is 11.8 Å². The lowest BCUT2D eigenvalue weighted by atomic mass is 9.96. The molecule has 4 heteroatoms.